The monoisotopic (exact) mass is 364 g/mol. The van der Waals surface area contributed by atoms with Gasteiger partial charge in [0.25, 0.3) is 5.91 Å². The van der Waals surface area contributed by atoms with E-state index >= 15 is 0 Å². The topological polar surface area (TPSA) is 65.5 Å². The molecule has 138 valence electrons. The fourth-order valence-corrected chi connectivity index (χ4v) is 5.38. The molecule has 1 aromatic heterocycles. The molecular formula is C18H28N4O2S. The molecule has 0 radical (unpaired) electrons. The number of hydrogen-bond donors (Lipinski definition) is 1. The van der Waals surface area contributed by atoms with Crippen LogP contribution in [0.2, 0.25) is 0 Å². The summed E-state index contributed by atoms with van der Waals surface area (Å²) in [5.41, 5.74) is 0.504. The maximum atomic E-state index is 13.3. The summed E-state index contributed by atoms with van der Waals surface area (Å²) in [7, 11) is 0. The van der Waals surface area contributed by atoms with E-state index in [-0.39, 0.29) is 23.4 Å². The lowest BCUT2D eigenvalue weighted by Gasteiger charge is -2.56. The lowest BCUT2D eigenvalue weighted by Crippen LogP contribution is -2.68. The van der Waals surface area contributed by atoms with Crippen LogP contribution in [0.3, 0.4) is 0 Å². The van der Waals surface area contributed by atoms with Gasteiger partial charge in [-0.3, -0.25) is 9.59 Å². The molecule has 2 aliphatic heterocycles. The summed E-state index contributed by atoms with van der Waals surface area (Å²) >= 11 is 1.44. The molecule has 25 heavy (non-hydrogen) atoms. The number of nitrogens with zero attached hydrogens (tertiary/aromatic N) is 3. The molecule has 7 heteroatoms. The number of hydrogen-bond acceptors (Lipinski definition) is 5. The maximum absolute atomic E-state index is 13.3. The van der Waals surface area contributed by atoms with Gasteiger partial charge in [0.05, 0.1) is 17.3 Å². The number of thiazole rings is 1. The van der Waals surface area contributed by atoms with E-state index in [1.165, 1.54) is 11.3 Å². The minimum Gasteiger partial charge on any atom is -0.362 e. The SMILES string of the molecule is CCNc1nc(C)c(C(=O)N2CCC[C@H]3N(C(C)=O)CCC[C@@]32C)s1. The first-order chi connectivity index (χ1) is 11.9. The van der Waals surface area contributed by atoms with Crippen molar-refractivity contribution in [3.63, 3.8) is 0 Å². The lowest BCUT2D eigenvalue weighted by molar-refractivity contribution is -0.140. The molecular weight excluding hydrogens is 336 g/mol. The van der Waals surface area contributed by atoms with E-state index < -0.39 is 0 Å². The molecule has 1 aromatic rings. The van der Waals surface area contributed by atoms with Crippen molar-refractivity contribution < 1.29 is 9.59 Å². The van der Waals surface area contributed by atoms with Gasteiger partial charge in [0.1, 0.15) is 4.88 Å². The molecule has 0 unspecified atom stereocenters. The summed E-state index contributed by atoms with van der Waals surface area (Å²) in [5, 5.41) is 4.00. The molecule has 0 bridgehead atoms. The van der Waals surface area contributed by atoms with Crippen molar-refractivity contribution >= 4 is 28.3 Å². The van der Waals surface area contributed by atoms with Crippen LogP contribution in [0.25, 0.3) is 0 Å². The van der Waals surface area contributed by atoms with Crippen LogP contribution < -0.4 is 5.32 Å². The smallest absolute Gasteiger partial charge is 0.266 e. The number of carbonyl (C=O) groups excluding carboxylic acids is 2. The zero-order valence-corrected chi connectivity index (χ0v) is 16.4. The number of amides is 2. The third-order valence-electron chi connectivity index (χ3n) is 5.62. The molecule has 0 saturated carbocycles. The van der Waals surface area contributed by atoms with Crippen molar-refractivity contribution in [1.82, 2.24) is 14.8 Å². The van der Waals surface area contributed by atoms with Crippen molar-refractivity contribution in [3.8, 4) is 0 Å². The fraction of sp³-hybridized carbons (Fsp3) is 0.722. The number of likely N-dealkylation sites (tertiary alicyclic amines) is 2. The first kappa shape index (κ1) is 18.2. The Labute approximate surface area is 153 Å². The highest BCUT2D eigenvalue weighted by molar-refractivity contribution is 7.17. The van der Waals surface area contributed by atoms with E-state index in [4.69, 9.17) is 0 Å². The number of carbonyl (C=O) groups is 2. The molecule has 3 heterocycles. The molecule has 2 saturated heterocycles. The number of rotatable bonds is 3. The van der Waals surface area contributed by atoms with Gasteiger partial charge in [-0.15, -0.1) is 0 Å². The predicted molar refractivity (Wildman–Crippen MR) is 100 cm³/mol. The molecule has 2 fully saturated rings. The molecule has 2 amide bonds. The Morgan fingerprint density at radius 1 is 1.36 bits per heavy atom. The number of anilines is 1. The summed E-state index contributed by atoms with van der Waals surface area (Å²) in [5.74, 6) is 0.186. The Morgan fingerprint density at radius 3 is 2.80 bits per heavy atom. The molecule has 1 N–H and O–H groups in total. The van der Waals surface area contributed by atoms with E-state index in [1.807, 2.05) is 23.6 Å². The molecule has 6 nitrogen and oxygen atoms in total. The predicted octanol–water partition coefficient (Wildman–Crippen LogP) is 2.89. The van der Waals surface area contributed by atoms with E-state index in [0.717, 1.165) is 61.0 Å². The van der Waals surface area contributed by atoms with Crippen LogP contribution in [0, 0.1) is 6.92 Å². The van der Waals surface area contributed by atoms with Gasteiger partial charge in [0.2, 0.25) is 5.91 Å². The minimum atomic E-state index is -0.284. The Bertz CT molecular complexity index is 674. The van der Waals surface area contributed by atoms with Crippen molar-refractivity contribution in [2.45, 2.75) is 65.0 Å². The number of nitrogens with one attached hydrogen (secondary N) is 1. The van der Waals surface area contributed by atoms with Gasteiger partial charge in [-0.25, -0.2) is 4.98 Å². The largest absolute Gasteiger partial charge is 0.362 e. The van der Waals surface area contributed by atoms with E-state index in [0.29, 0.717) is 0 Å². The van der Waals surface area contributed by atoms with Gasteiger partial charge in [-0.1, -0.05) is 11.3 Å². The van der Waals surface area contributed by atoms with E-state index in [2.05, 4.69) is 17.2 Å². The Kier molecular flexibility index (Phi) is 5.04. The summed E-state index contributed by atoms with van der Waals surface area (Å²) < 4.78 is 0. The third kappa shape index (κ3) is 3.14. The summed E-state index contributed by atoms with van der Waals surface area (Å²) in [6.45, 7) is 10.1. The Balaban J connectivity index is 1.90. The number of fused-ring (bicyclic) bond motifs is 1. The van der Waals surface area contributed by atoms with Gasteiger partial charge >= 0.3 is 0 Å². The second kappa shape index (κ2) is 6.94. The van der Waals surface area contributed by atoms with Crippen LogP contribution in [0.4, 0.5) is 5.13 Å². The highest BCUT2D eigenvalue weighted by Crippen LogP contribution is 2.40. The van der Waals surface area contributed by atoms with Crippen LogP contribution in [0.1, 0.15) is 61.8 Å². The molecule has 3 rings (SSSR count). The van der Waals surface area contributed by atoms with Gasteiger partial charge in [-0.2, -0.15) is 0 Å². The highest BCUT2D eigenvalue weighted by Gasteiger charge is 2.50. The van der Waals surface area contributed by atoms with Gasteiger partial charge < -0.3 is 15.1 Å². The van der Waals surface area contributed by atoms with Crippen LogP contribution in [-0.2, 0) is 4.79 Å². The van der Waals surface area contributed by atoms with Crippen LogP contribution in [-0.4, -0.2) is 57.8 Å². The van der Waals surface area contributed by atoms with Gasteiger partial charge in [0.15, 0.2) is 5.13 Å². The molecule has 0 aromatic carbocycles. The van der Waals surface area contributed by atoms with Crippen LogP contribution in [0.15, 0.2) is 0 Å². The summed E-state index contributed by atoms with van der Waals surface area (Å²) in [6, 6.07) is 0.123. The fourth-order valence-electron chi connectivity index (χ4n) is 4.40. The second-order valence-corrected chi connectivity index (χ2v) is 8.25. The summed E-state index contributed by atoms with van der Waals surface area (Å²) in [4.78, 5) is 34.6. The lowest BCUT2D eigenvalue weighted by atomic mass is 9.76. The zero-order chi connectivity index (χ0) is 18.2. The van der Waals surface area contributed by atoms with Crippen LogP contribution in [0.5, 0.6) is 0 Å². The van der Waals surface area contributed by atoms with Crippen molar-refractivity contribution in [2.24, 2.45) is 0 Å². The van der Waals surface area contributed by atoms with E-state index in [1.54, 1.807) is 6.92 Å². The Morgan fingerprint density at radius 2 is 2.12 bits per heavy atom. The minimum absolute atomic E-state index is 0.0664. The van der Waals surface area contributed by atoms with E-state index in [9.17, 15) is 9.59 Å². The van der Waals surface area contributed by atoms with Crippen molar-refractivity contribution in [3.05, 3.63) is 10.6 Å². The molecule has 0 aliphatic carbocycles. The Hall–Kier alpha value is -1.63. The van der Waals surface area contributed by atoms with Crippen molar-refractivity contribution in [1.29, 1.82) is 0 Å². The third-order valence-corrected chi connectivity index (χ3v) is 6.72. The first-order valence-electron chi connectivity index (χ1n) is 9.19. The average Bonchev–Trinajstić information content (AvgIpc) is 2.93. The van der Waals surface area contributed by atoms with Crippen molar-refractivity contribution in [2.75, 3.05) is 25.0 Å². The summed E-state index contributed by atoms with van der Waals surface area (Å²) in [6.07, 6.45) is 3.81. The molecule has 2 atom stereocenters. The second-order valence-electron chi connectivity index (χ2n) is 7.25. The maximum Gasteiger partial charge on any atom is 0.266 e. The average molecular weight is 365 g/mol. The molecule has 2 aliphatic rings. The van der Waals surface area contributed by atoms with Gasteiger partial charge in [-0.05, 0) is 46.5 Å². The highest BCUT2D eigenvalue weighted by atomic mass is 32.1. The zero-order valence-electron chi connectivity index (χ0n) is 15.6. The number of piperidine rings is 2. The quantitative estimate of drug-likeness (QED) is 0.896. The molecule has 0 spiro atoms. The first-order valence-corrected chi connectivity index (χ1v) is 10.0. The normalized spacial score (nSPS) is 26.3. The standard InChI is InChI=1S/C18H28N4O2S/c1-5-19-17-20-12(2)15(25-17)16(24)22-11-6-8-14-18(22,4)9-7-10-21(14)13(3)23/h14H,5-11H2,1-4H3,(H,19,20)/t14-,18+/m1/s1. The number of aromatic nitrogens is 1. The van der Waals surface area contributed by atoms with Gasteiger partial charge in [0, 0.05) is 26.6 Å². The van der Waals surface area contributed by atoms with Crippen LogP contribution >= 0.6 is 11.3 Å². The number of aryl methyl sites for hydroxylation is 1.